The first-order chi connectivity index (χ1) is 8.63. The van der Waals surface area contributed by atoms with E-state index in [4.69, 9.17) is 9.84 Å². The van der Waals surface area contributed by atoms with Crippen LogP contribution < -0.4 is 10.1 Å². The fraction of sp³-hybridized carbons (Fsp3) is 0. The highest BCUT2D eigenvalue weighted by molar-refractivity contribution is 9.10. The summed E-state index contributed by atoms with van der Waals surface area (Å²) in [5.41, 5.74) is 0.470. The first-order valence-corrected chi connectivity index (χ1v) is 5.96. The molecule has 0 aliphatic rings. The number of hydrogen-bond acceptors (Lipinski definition) is 2. The summed E-state index contributed by atoms with van der Waals surface area (Å²) in [6.07, 6.45) is -1.10. The number of benzene rings is 2. The molecule has 2 aromatic carbocycles. The summed E-state index contributed by atoms with van der Waals surface area (Å²) in [4.78, 5) is 10.5. The number of ether oxygens (including phenoxy) is 1. The van der Waals surface area contributed by atoms with Crippen molar-refractivity contribution in [3.63, 3.8) is 0 Å². The van der Waals surface area contributed by atoms with Crippen molar-refractivity contribution in [1.82, 2.24) is 0 Å². The molecule has 18 heavy (non-hydrogen) atoms. The van der Waals surface area contributed by atoms with E-state index in [1.807, 2.05) is 24.3 Å². The van der Waals surface area contributed by atoms with Crippen molar-refractivity contribution in [3.05, 3.63) is 53.0 Å². The molecule has 0 aromatic heterocycles. The molecular weight excluding hydrogens is 298 g/mol. The number of anilines is 1. The lowest BCUT2D eigenvalue weighted by Crippen LogP contribution is -2.06. The Hall–Kier alpha value is -2.01. The maximum Gasteiger partial charge on any atom is 0.409 e. The van der Waals surface area contributed by atoms with Crippen molar-refractivity contribution < 1.29 is 14.6 Å². The summed E-state index contributed by atoms with van der Waals surface area (Å²) in [7, 11) is 0. The predicted octanol–water partition coefficient (Wildman–Crippen LogP) is 4.33. The third-order valence-electron chi connectivity index (χ3n) is 2.13. The van der Waals surface area contributed by atoms with Crippen LogP contribution in [0.1, 0.15) is 0 Å². The molecule has 2 aromatic rings. The number of carboxylic acid groups (broad SMARTS) is 1. The Bertz CT molecular complexity index is 554. The Morgan fingerprint density at radius 1 is 1.11 bits per heavy atom. The van der Waals surface area contributed by atoms with Gasteiger partial charge in [0.2, 0.25) is 0 Å². The smallest absolute Gasteiger partial charge is 0.409 e. The van der Waals surface area contributed by atoms with Gasteiger partial charge in [-0.1, -0.05) is 22.0 Å². The van der Waals surface area contributed by atoms with Crippen molar-refractivity contribution in [3.8, 4) is 11.5 Å². The molecule has 0 saturated carbocycles. The van der Waals surface area contributed by atoms with Gasteiger partial charge in [0.25, 0.3) is 0 Å². The van der Waals surface area contributed by atoms with Crippen LogP contribution in [-0.2, 0) is 0 Å². The zero-order valence-electron chi connectivity index (χ0n) is 9.26. The van der Waals surface area contributed by atoms with Crippen molar-refractivity contribution in [2.24, 2.45) is 0 Å². The van der Waals surface area contributed by atoms with Gasteiger partial charge in [0.1, 0.15) is 11.5 Å². The van der Waals surface area contributed by atoms with Gasteiger partial charge in [-0.3, -0.25) is 5.32 Å². The molecule has 0 saturated heterocycles. The molecule has 0 heterocycles. The van der Waals surface area contributed by atoms with E-state index in [2.05, 4.69) is 21.2 Å². The molecular formula is C13H10BrNO3. The first-order valence-electron chi connectivity index (χ1n) is 5.17. The quantitative estimate of drug-likeness (QED) is 0.887. The van der Waals surface area contributed by atoms with Crippen LogP contribution in [-0.4, -0.2) is 11.2 Å². The topological polar surface area (TPSA) is 58.6 Å². The van der Waals surface area contributed by atoms with E-state index < -0.39 is 6.09 Å². The first kappa shape index (κ1) is 12.4. The van der Waals surface area contributed by atoms with Crippen molar-refractivity contribution in [2.75, 3.05) is 5.32 Å². The van der Waals surface area contributed by atoms with E-state index in [1.54, 1.807) is 24.3 Å². The van der Waals surface area contributed by atoms with Gasteiger partial charge >= 0.3 is 6.09 Å². The third-order valence-corrected chi connectivity index (χ3v) is 2.66. The van der Waals surface area contributed by atoms with Crippen LogP contribution in [0.4, 0.5) is 10.5 Å². The second kappa shape index (κ2) is 5.55. The molecule has 1 amide bonds. The maximum absolute atomic E-state index is 10.5. The molecule has 0 atom stereocenters. The van der Waals surface area contributed by atoms with E-state index >= 15 is 0 Å². The minimum Gasteiger partial charge on any atom is -0.465 e. The third kappa shape index (κ3) is 3.49. The Morgan fingerprint density at radius 2 is 1.83 bits per heavy atom. The summed E-state index contributed by atoms with van der Waals surface area (Å²) < 4.78 is 6.57. The Morgan fingerprint density at radius 3 is 2.50 bits per heavy atom. The van der Waals surface area contributed by atoms with E-state index in [0.717, 1.165) is 4.47 Å². The Labute approximate surface area is 112 Å². The highest BCUT2D eigenvalue weighted by Gasteiger charge is 2.01. The molecule has 0 spiro atoms. The SMILES string of the molecule is O=C(O)Nc1cccc(Oc2ccc(Br)cc2)c1. The summed E-state index contributed by atoms with van der Waals surface area (Å²) in [5.74, 6) is 1.26. The Kier molecular flexibility index (Phi) is 3.84. The highest BCUT2D eigenvalue weighted by Crippen LogP contribution is 2.25. The van der Waals surface area contributed by atoms with Crippen LogP contribution in [0.3, 0.4) is 0 Å². The molecule has 5 heteroatoms. The van der Waals surface area contributed by atoms with Crippen molar-refractivity contribution in [1.29, 1.82) is 0 Å². The number of nitrogens with one attached hydrogen (secondary N) is 1. The van der Waals surface area contributed by atoms with Crippen LogP contribution in [0, 0.1) is 0 Å². The van der Waals surface area contributed by atoms with Gasteiger partial charge < -0.3 is 9.84 Å². The average Bonchev–Trinajstić information content (AvgIpc) is 2.32. The largest absolute Gasteiger partial charge is 0.465 e. The highest BCUT2D eigenvalue weighted by atomic mass is 79.9. The second-order valence-corrected chi connectivity index (χ2v) is 4.43. The monoisotopic (exact) mass is 307 g/mol. The molecule has 0 fully saturated rings. The van der Waals surface area contributed by atoms with Gasteiger partial charge in [-0.15, -0.1) is 0 Å². The van der Waals surface area contributed by atoms with Crippen LogP contribution in [0.15, 0.2) is 53.0 Å². The van der Waals surface area contributed by atoms with E-state index in [-0.39, 0.29) is 0 Å². The number of carbonyl (C=O) groups is 1. The van der Waals surface area contributed by atoms with Gasteiger partial charge in [0, 0.05) is 16.2 Å². The van der Waals surface area contributed by atoms with E-state index in [0.29, 0.717) is 17.2 Å². The van der Waals surface area contributed by atoms with Crippen LogP contribution in [0.5, 0.6) is 11.5 Å². The van der Waals surface area contributed by atoms with Gasteiger partial charge in [-0.25, -0.2) is 4.79 Å². The van der Waals surface area contributed by atoms with Crippen LogP contribution in [0.2, 0.25) is 0 Å². The van der Waals surface area contributed by atoms with Gasteiger partial charge in [-0.2, -0.15) is 0 Å². The lowest BCUT2D eigenvalue weighted by molar-refractivity contribution is 0.210. The minimum absolute atomic E-state index is 0.470. The summed E-state index contributed by atoms with van der Waals surface area (Å²) in [6, 6.07) is 14.1. The molecule has 2 rings (SSSR count). The molecule has 0 radical (unpaired) electrons. The van der Waals surface area contributed by atoms with Crippen molar-refractivity contribution >= 4 is 27.7 Å². The standard InChI is InChI=1S/C13H10BrNO3/c14-9-4-6-11(7-5-9)18-12-3-1-2-10(8-12)15-13(16)17/h1-8,15H,(H,16,17). The van der Waals surface area contributed by atoms with E-state index in [1.165, 1.54) is 0 Å². The lowest BCUT2D eigenvalue weighted by atomic mass is 10.3. The zero-order valence-corrected chi connectivity index (χ0v) is 10.8. The van der Waals surface area contributed by atoms with Crippen molar-refractivity contribution in [2.45, 2.75) is 0 Å². The zero-order chi connectivity index (χ0) is 13.0. The van der Waals surface area contributed by atoms with Crippen LogP contribution >= 0.6 is 15.9 Å². The fourth-order valence-corrected chi connectivity index (χ4v) is 1.66. The van der Waals surface area contributed by atoms with Gasteiger partial charge in [-0.05, 0) is 36.4 Å². The van der Waals surface area contributed by atoms with Gasteiger partial charge in [0.05, 0.1) is 0 Å². The molecule has 2 N–H and O–H groups in total. The minimum atomic E-state index is -1.10. The predicted molar refractivity (Wildman–Crippen MR) is 72.3 cm³/mol. The maximum atomic E-state index is 10.5. The number of hydrogen-bond donors (Lipinski definition) is 2. The second-order valence-electron chi connectivity index (χ2n) is 3.51. The molecule has 0 unspecified atom stereocenters. The number of amides is 1. The molecule has 0 bridgehead atoms. The number of rotatable bonds is 3. The molecule has 0 aliphatic carbocycles. The van der Waals surface area contributed by atoms with Crippen LogP contribution in [0.25, 0.3) is 0 Å². The molecule has 0 aliphatic heterocycles. The molecule has 4 nitrogen and oxygen atoms in total. The fourth-order valence-electron chi connectivity index (χ4n) is 1.40. The average molecular weight is 308 g/mol. The Balaban J connectivity index is 2.13. The van der Waals surface area contributed by atoms with Gasteiger partial charge in [0.15, 0.2) is 0 Å². The summed E-state index contributed by atoms with van der Waals surface area (Å²) in [5, 5.41) is 10.9. The normalized spacial score (nSPS) is 9.83. The summed E-state index contributed by atoms with van der Waals surface area (Å²) >= 11 is 3.34. The van der Waals surface area contributed by atoms with E-state index in [9.17, 15) is 4.79 Å². The summed E-state index contributed by atoms with van der Waals surface area (Å²) in [6.45, 7) is 0. The lowest BCUT2D eigenvalue weighted by Gasteiger charge is -2.07. The number of halogens is 1. The molecule has 92 valence electrons.